The average molecular weight is 237 g/mol. The molecule has 1 spiro atoms. The fraction of sp³-hybridized carbons (Fsp3) is 0.933. The maximum Gasteiger partial charge on any atom is 0.138 e. The fourth-order valence-corrected chi connectivity index (χ4v) is 3.48. The summed E-state index contributed by atoms with van der Waals surface area (Å²) >= 11 is 0. The molecule has 0 radical (unpaired) electrons. The van der Waals surface area contributed by atoms with Gasteiger partial charge < -0.3 is 0 Å². The summed E-state index contributed by atoms with van der Waals surface area (Å²) in [4.78, 5) is 14.5. The molecule has 1 aliphatic heterocycles. The van der Waals surface area contributed by atoms with Crippen LogP contribution in [0.5, 0.6) is 0 Å². The first-order chi connectivity index (χ1) is 7.93. The van der Waals surface area contributed by atoms with E-state index in [4.69, 9.17) is 0 Å². The molecule has 2 rings (SSSR count). The van der Waals surface area contributed by atoms with Crippen LogP contribution in [0.2, 0.25) is 0 Å². The largest absolute Gasteiger partial charge is 0.300 e. The normalized spacial score (nSPS) is 25.5. The van der Waals surface area contributed by atoms with E-state index in [0.29, 0.717) is 23.2 Å². The Kier molecular flexibility index (Phi) is 3.63. The molecule has 0 aromatic carbocycles. The molecular formula is C15H27NO. The minimum atomic E-state index is 0.225. The first-order valence-corrected chi connectivity index (χ1v) is 7.21. The van der Waals surface area contributed by atoms with E-state index in [-0.39, 0.29) is 5.92 Å². The molecule has 1 heterocycles. The lowest BCUT2D eigenvalue weighted by Crippen LogP contribution is -2.59. The van der Waals surface area contributed by atoms with E-state index in [1.165, 1.54) is 25.9 Å². The number of rotatable bonds is 3. The second-order valence-electron chi connectivity index (χ2n) is 6.83. The summed E-state index contributed by atoms with van der Waals surface area (Å²) in [6.07, 6.45) is 4.84. The van der Waals surface area contributed by atoms with Crippen molar-refractivity contribution in [2.75, 3.05) is 13.1 Å². The van der Waals surface area contributed by atoms with Gasteiger partial charge >= 0.3 is 0 Å². The smallest absolute Gasteiger partial charge is 0.138 e. The maximum absolute atomic E-state index is 12.0. The first-order valence-electron chi connectivity index (χ1n) is 7.21. The molecule has 0 amide bonds. The van der Waals surface area contributed by atoms with Crippen molar-refractivity contribution < 1.29 is 4.79 Å². The Labute approximate surface area is 106 Å². The van der Waals surface area contributed by atoms with Crippen LogP contribution >= 0.6 is 0 Å². The molecule has 2 nitrogen and oxygen atoms in total. The zero-order valence-corrected chi connectivity index (χ0v) is 11.8. The topological polar surface area (TPSA) is 20.3 Å². The summed E-state index contributed by atoms with van der Waals surface area (Å²) < 4.78 is 0. The van der Waals surface area contributed by atoms with Crippen LogP contribution in [0.3, 0.4) is 0 Å². The van der Waals surface area contributed by atoms with Gasteiger partial charge in [0.05, 0.1) is 0 Å². The summed E-state index contributed by atoms with van der Waals surface area (Å²) in [5.41, 5.74) is 0.581. The minimum Gasteiger partial charge on any atom is -0.300 e. The molecule has 2 heteroatoms. The van der Waals surface area contributed by atoms with E-state index in [0.717, 1.165) is 12.8 Å². The van der Waals surface area contributed by atoms with Gasteiger partial charge in [-0.25, -0.2) is 0 Å². The van der Waals surface area contributed by atoms with Crippen LogP contribution in [0.15, 0.2) is 0 Å². The van der Waals surface area contributed by atoms with Crippen molar-refractivity contribution in [3.63, 3.8) is 0 Å². The highest BCUT2D eigenvalue weighted by atomic mass is 16.1. The zero-order chi connectivity index (χ0) is 12.6. The van der Waals surface area contributed by atoms with Gasteiger partial charge in [-0.3, -0.25) is 9.69 Å². The second kappa shape index (κ2) is 4.72. The van der Waals surface area contributed by atoms with Crippen LogP contribution in [0.25, 0.3) is 0 Å². The molecule has 0 bridgehead atoms. The molecule has 0 atom stereocenters. The number of Topliss-reactive ketones (excluding diaryl/α,β-unsaturated/α-hetero) is 1. The van der Waals surface area contributed by atoms with E-state index >= 15 is 0 Å². The van der Waals surface area contributed by atoms with Crippen LogP contribution in [0.1, 0.15) is 53.4 Å². The number of nitrogens with zero attached hydrogens (tertiary/aromatic N) is 1. The van der Waals surface area contributed by atoms with Crippen molar-refractivity contribution in [3.8, 4) is 0 Å². The molecule has 17 heavy (non-hydrogen) atoms. The van der Waals surface area contributed by atoms with Crippen molar-refractivity contribution in [1.29, 1.82) is 0 Å². The highest BCUT2D eigenvalue weighted by molar-refractivity contribution is 5.82. The molecule has 1 saturated heterocycles. The standard InChI is InChI=1S/C15H27NO/c1-11(2)14(17)13-5-7-15(8-6-13)9-16(10-15)12(3)4/h11-13H,5-10H2,1-4H3. The summed E-state index contributed by atoms with van der Waals surface area (Å²) in [6, 6.07) is 0.690. The number of hydrogen-bond donors (Lipinski definition) is 0. The van der Waals surface area contributed by atoms with Gasteiger partial charge in [0, 0.05) is 31.0 Å². The number of likely N-dealkylation sites (tertiary alicyclic amines) is 1. The minimum absolute atomic E-state index is 0.225. The van der Waals surface area contributed by atoms with Crippen LogP contribution < -0.4 is 0 Å². The summed E-state index contributed by atoms with van der Waals surface area (Å²) in [5, 5.41) is 0. The van der Waals surface area contributed by atoms with Gasteiger partial charge in [0.15, 0.2) is 0 Å². The van der Waals surface area contributed by atoms with Crippen molar-refractivity contribution in [2.45, 2.75) is 59.4 Å². The summed E-state index contributed by atoms with van der Waals surface area (Å²) in [7, 11) is 0. The van der Waals surface area contributed by atoms with Crippen molar-refractivity contribution in [3.05, 3.63) is 0 Å². The lowest BCUT2D eigenvalue weighted by Gasteiger charge is -2.55. The van der Waals surface area contributed by atoms with E-state index in [9.17, 15) is 4.79 Å². The average Bonchev–Trinajstić information content (AvgIpc) is 2.24. The highest BCUT2D eigenvalue weighted by Crippen LogP contribution is 2.46. The zero-order valence-electron chi connectivity index (χ0n) is 11.8. The van der Waals surface area contributed by atoms with Gasteiger partial charge in [0.25, 0.3) is 0 Å². The Morgan fingerprint density at radius 1 is 1.12 bits per heavy atom. The van der Waals surface area contributed by atoms with Gasteiger partial charge in [-0.05, 0) is 44.9 Å². The van der Waals surface area contributed by atoms with Crippen molar-refractivity contribution in [1.82, 2.24) is 4.90 Å². The van der Waals surface area contributed by atoms with E-state index in [1.54, 1.807) is 0 Å². The van der Waals surface area contributed by atoms with Crippen LogP contribution in [-0.4, -0.2) is 29.8 Å². The molecule has 0 aromatic heterocycles. The van der Waals surface area contributed by atoms with E-state index in [2.05, 4.69) is 18.7 Å². The molecule has 0 N–H and O–H groups in total. The quantitative estimate of drug-likeness (QED) is 0.751. The number of carbonyl (C=O) groups excluding carboxylic acids is 1. The lowest BCUT2D eigenvalue weighted by molar-refractivity contribution is -0.129. The van der Waals surface area contributed by atoms with Crippen molar-refractivity contribution >= 4 is 5.78 Å². The molecule has 1 aliphatic carbocycles. The predicted octanol–water partition coefficient (Wildman–Crippen LogP) is 3.11. The van der Waals surface area contributed by atoms with E-state index < -0.39 is 0 Å². The third-order valence-corrected chi connectivity index (χ3v) is 4.82. The molecule has 1 saturated carbocycles. The molecule has 0 unspecified atom stereocenters. The Balaban J connectivity index is 1.82. The lowest BCUT2D eigenvalue weighted by atomic mass is 9.64. The van der Waals surface area contributed by atoms with Gasteiger partial charge in [0.2, 0.25) is 0 Å². The predicted molar refractivity (Wildman–Crippen MR) is 70.9 cm³/mol. The van der Waals surface area contributed by atoms with Crippen molar-refractivity contribution in [2.24, 2.45) is 17.3 Å². The Morgan fingerprint density at radius 2 is 1.65 bits per heavy atom. The van der Waals surface area contributed by atoms with E-state index in [1.807, 2.05) is 13.8 Å². The molecule has 98 valence electrons. The van der Waals surface area contributed by atoms with Crippen LogP contribution in [-0.2, 0) is 4.79 Å². The highest BCUT2D eigenvalue weighted by Gasteiger charge is 2.46. The molecular weight excluding hydrogens is 210 g/mol. The summed E-state index contributed by atoms with van der Waals surface area (Å²) in [5.74, 6) is 1.09. The molecule has 2 aliphatic rings. The monoisotopic (exact) mass is 237 g/mol. The number of carbonyl (C=O) groups is 1. The summed E-state index contributed by atoms with van der Waals surface area (Å²) in [6.45, 7) is 11.2. The van der Waals surface area contributed by atoms with Gasteiger partial charge in [-0.15, -0.1) is 0 Å². The number of ketones is 1. The maximum atomic E-state index is 12.0. The molecule has 2 fully saturated rings. The third-order valence-electron chi connectivity index (χ3n) is 4.82. The van der Waals surface area contributed by atoms with Crippen LogP contribution in [0.4, 0.5) is 0 Å². The Morgan fingerprint density at radius 3 is 2.06 bits per heavy atom. The SMILES string of the molecule is CC(C)C(=O)C1CCC2(CC1)CN(C(C)C)C2. The van der Waals surface area contributed by atoms with Gasteiger partial charge in [-0.2, -0.15) is 0 Å². The molecule has 0 aromatic rings. The van der Waals surface area contributed by atoms with Gasteiger partial charge in [0.1, 0.15) is 5.78 Å². The van der Waals surface area contributed by atoms with Crippen LogP contribution in [0, 0.1) is 17.3 Å². The third kappa shape index (κ3) is 2.57. The first kappa shape index (κ1) is 13.1. The number of hydrogen-bond acceptors (Lipinski definition) is 2. The second-order valence-corrected chi connectivity index (χ2v) is 6.83. The Bertz CT molecular complexity index is 279. The fourth-order valence-electron chi connectivity index (χ4n) is 3.48. The Hall–Kier alpha value is -0.370. The van der Waals surface area contributed by atoms with Gasteiger partial charge in [-0.1, -0.05) is 13.8 Å².